The standard InChI is InChI=1S/C19H20N2O5S/c1-10-18(19(23)21-15-8-24-9-16(15)22)14-5-12(3-4-17(14)26-10)25-7-13-6-20-11(2)27-13/h3-6,15-16,22H,7-9H2,1-2H3,(H,21,23)/t15-,16-/m0/s1. The van der Waals surface area contributed by atoms with Crippen molar-refractivity contribution in [1.82, 2.24) is 10.3 Å². The summed E-state index contributed by atoms with van der Waals surface area (Å²) in [5.74, 6) is 0.870. The van der Waals surface area contributed by atoms with Crippen molar-refractivity contribution in [2.45, 2.75) is 32.6 Å². The number of carbonyl (C=O) groups is 1. The third-order valence-corrected chi connectivity index (χ3v) is 5.37. The first-order chi connectivity index (χ1) is 13.0. The molecule has 2 atom stereocenters. The molecule has 2 N–H and O–H groups in total. The first kappa shape index (κ1) is 18.0. The summed E-state index contributed by atoms with van der Waals surface area (Å²) in [5, 5.41) is 14.3. The molecule has 2 aromatic heterocycles. The number of carbonyl (C=O) groups excluding carboxylic acids is 1. The fourth-order valence-corrected chi connectivity index (χ4v) is 3.83. The molecule has 142 valence electrons. The lowest BCUT2D eigenvalue weighted by molar-refractivity contribution is 0.0886. The predicted octanol–water partition coefficient (Wildman–Crippen LogP) is 2.57. The molecule has 8 heteroatoms. The Kier molecular flexibility index (Phi) is 4.86. The molecule has 0 radical (unpaired) electrons. The van der Waals surface area contributed by atoms with Crippen LogP contribution in [0, 0.1) is 13.8 Å². The van der Waals surface area contributed by atoms with Crippen LogP contribution in [-0.4, -0.2) is 41.4 Å². The Balaban J connectivity index is 1.56. The van der Waals surface area contributed by atoms with E-state index in [2.05, 4.69) is 10.3 Å². The zero-order valence-electron chi connectivity index (χ0n) is 15.0. The number of nitrogens with one attached hydrogen (secondary N) is 1. The van der Waals surface area contributed by atoms with Crippen LogP contribution in [0.4, 0.5) is 0 Å². The maximum atomic E-state index is 12.8. The number of nitrogens with zero attached hydrogens (tertiary/aromatic N) is 1. The minimum absolute atomic E-state index is 0.227. The Bertz CT molecular complexity index is 980. The predicted molar refractivity (Wildman–Crippen MR) is 100 cm³/mol. The molecule has 7 nitrogen and oxygen atoms in total. The first-order valence-electron chi connectivity index (χ1n) is 8.65. The maximum absolute atomic E-state index is 12.8. The number of benzene rings is 1. The van der Waals surface area contributed by atoms with Gasteiger partial charge in [0.25, 0.3) is 5.91 Å². The van der Waals surface area contributed by atoms with Gasteiger partial charge in [0.2, 0.25) is 0 Å². The number of rotatable bonds is 5. The second kappa shape index (κ2) is 7.30. The smallest absolute Gasteiger partial charge is 0.255 e. The normalized spacial score (nSPS) is 19.5. The van der Waals surface area contributed by atoms with Crippen LogP contribution >= 0.6 is 11.3 Å². The van der Waals surface area contributed by atoms with Crippen LogP contribution < -0.4 is 10.1 Å². The number of fused-ring (bicyclic) bond motifs is 1. The topological polar surface area (TPSA) is 93.8 Å². The Morgan fingerprint density at radius 3 is 2.96 bits per heavy atom. The van der Waals surface area contributed by atoms with E-state index in [4.69, 9.17) is 13.9 Å². The molecule has 0 unspecified atom stereocenters. The van der Waals surface area contributed by atoms with Crippen LogP contribution in [0.25, 0.3) is 11.0 Å². The van der Waals surface area contributed by atoms with E-state index < -0.39 is 12.1 Å². The fourth-order valence-electron chi connectivity index (χ4n) is 3.12. The second-order valence-electron chi connectivity index (χ2n) is 6.51. The Labute approximate surface area is 159 Å². The summed E-state index contributed by atoms with van der Waals surface area (Å²) in [6.45, 7) is 4.64. The van der Waals surface area contributed by atoms with Gasteiger partial charge >= 0.3 is 0 Å². The SMILES string of the molecule is Cc1ncc(COc2ccc3oc(C)c(C(=O)N[C@H]4COC[C@@H]4O)c3c2)s1. The van der Waals surface area contributed by atoms with Crippen molar-refractivity contribution in [3.8, 4) is 5.75 Å². The largest absolute Gasteiger partial charge is 0.488 e. The highest BCUT2D eigenvalue weighted by Gasteiger charge is 2.29. The number of hydrogen-bond donors (Lipinski definition) is 2. The van der Waals surface area contributed by atoms with Gasteiger partial charge in [0.05, 0.1) is 40.8 Å². The van der Waals surface area contributed by atoms with E-state index >= 15 is 0 Å². The molecule has 1 aliphatic heterocycles. The summed E-state index contributed by atoms with van der Waals surface area (Å²) >= 11 is 1.59. The summed E-state index contributed by atoms with van der Waals surface area (Å²) in [6.07, 6.45) is 1.10. The summed E-state index contributed by atoms with van der Waals surface area (Å²) in [5.41, 5.74) is 1.06. The van der Waals surface area contributed by atoms with Gasteiger partial charge in [-0.3, -0.25) is 4.79 Å². The molecule has 1 saturated heterocycles. The van der Waals surface area contributed by atoms with Crippen molar-refractivity contribution in [3.05, 3.63) is 45.6 Å². The van der Waals surface area contributed by atoms with Crippen LogP contribution in [0.1, 0.15) is 26.0 Å². The molecular weight excluding hydrogens is 368 g/mol. The molecule has 27 heavy (non-hydrogen) atoms. The quantitative estimate of drug-likeness (QED) is 0.698. The highest BCUT2D eigenvalue weighted by molar-refractivity contribution is 7.11. The molecule has 3 aromatic rings. The molecule has 0 aliphatic carbocycles. The van der Waals surface area contributed by atoms with E-state index in [0.29, 0.717) is 41.3 Å². The highest BCUT2D eigenvalue weighted by atomic mass is 32.1. The second-order valence-corrected chi connectivity index (χ2v) is 7.83. The van der Waals surface area contributed by atoms with Crippen molar-refractivity contribution in [2.24, 2.45) is 0 Å². The van der Waals surface area contributed by atoms with Gasteiger partial charge in [-0.15, -0.1) is 11.3 Å². The van der Waals surface area contributed by atoms with Gasteiger partial charge in [-0.25, -0.2) is 4.98 Å². The van der Waals surface area contributed by atoms with Gasteiger partial charge < -0.3 is 24.3 Å². The van der Waals surface area contributed by atoms with Gasteiger partial charge in [0.1, 0.15) is 23.7 Å². The minimum Gasteiger partial charge on any atom is -0.488 e. The van der Waals surface area contributed by atoms with Gasteiger partial charge in [-0.05, 0) is 32.0 Å². The average Bonchev–Trinajstić information content (AvgIpc) is 3.31. The van der Waals surface area contributed by atoms with Crippen LogP contribution in [0.2, 0.25) is 0 Å². The van der Waals surface area contributed by atoms with Crippen molar-refractivity contribution < 1.29 is 23.8 Å². The lowest BCUT2D eigenvalue weighted by atomic mass is 10.1. The highest BCUT2D eigenvalue weighted by Crippen LogP contribution is 2.30. The van der Waals surface area contributed by atoms with E-state index in [1.165, 1.54) is 0 Å². The number of aliphatic hydroxyl groups is 1. The third kappa shape index (κ3) is 3.69. The molecule has 0 saturated carbocycles. The zero-order valence-corrected chi connectivity index (χ0v) is 15.8. The Hall–Kier alpha value is -2.42. The first-order valence-corrected chi connectivity index (χ1v) is 9.47. The van der Waals surface area contributed by atoms with E-state index in [1.807, 2.05) is 13.0 Å². The average molecular weight is 388 g/mol. The van der Waals surface area contributed by atoms with Crippen LogP contribution in [-0.2, 0) is 11.3 Å². The minimum atomic E-state index is -0.700. The molecule has 1 aliphatic rings. The number of furan rings is 1. The van der Waals surface area contributed by atoms with Gasteiger partial charge in [-0.2, -0.15) is 0 Å². The van der Waals surface area contributed by atoms with E-state index in [9.17, 15) is 9.90 Å². The summed E-state index contributed by atoms with van der Waals surface area (Å²) in [4.78, 5) is 18.0. The van der Waals surface area contributed by atoms with Gasteiger partial charge in [0, 0.05) is 11.6 Å². The maximum Gasteiger partial charge on any atom is 0.255 e. The van der Waals surface area contributed by atoms with Crippen LogP contribution in [0.15, 0.2) is 28.8 Å². The summed E-state index contributed by atoms with van der Waals surface area (Å²) < 4.78 is 16.7. The monoisotopic (exact) mass is 388 g/mol. The molecule has 1 amide bonds. The number of aliphatic hydroxyl groups excluding tert-OH is 1. The Morgan fingerprint density at radius 1 is 1.41 bits per heavy atom. The van der Waals surface area contributed by atoms with Crippen molar-refractivity contribution >= 4 is 28.2 Å². The van der Waals surface area contributed by atoms with Crippen LogP contribution in [0.5, 0.6) is 5.75 Å². The molecule has 0 bridgehead atoms. The zero-order chi connectivity index (χ0) is 19.0. The lowest BCUT2D eigenvalue weighted by Gasteiger charge is -2.14. The molecular formula is C19H20N2O5S. The van der Waals surface area contributed by atoms with Crippen molar-refractivity contribution in [3.63, 3.8) is 0 Å². The molecule has 4 rings (SSSR count). The number of amides is 1. The third-order valence-electron chi connectivity index (χ3n) is 4.48. The summed E-state index contributed by atoms with van der Waals surface area (Å²) in [6, 6.07) is 4.99. The molecule has 1 aromatic carbocycles. The Morgan fingerprint density at radius 2 is 2.26 bits per heavy atom. The van der Waals surface area contributed by atoms with Crippen LogP contribution in [0.3, 0.4) is 0 Å². The number of ether oxygens (including phenoxy) is 2. The molecule has 0 spiro atoms. The van der Waals surface area contributed by atoms with Crippen molar-refractivity contribution in [2.75, 3.05) is 13.2 Å². The fraction of sp³-hybridized carbons (Fsp3) is 0.368. The summed E-state index contributed by atoms with van der Waals surface area (Å²) in [7, 11) is 0. The number of aryl methyl sites for hydroxylation is 2. The van der Waals surface area contributed by atoms with Crippen molar-refractivity contribution in [1.29, 1.82) is 0 Å². The van der Waals surface area contributed by atoms with Gasteiger partial charge in [0.15, 0.2) is 0 Å². The van der Waals surface area contributed by atoms with E-state index in [1.54, 1.807) is 36.6 Å². The lowest BCUT2D eigenvalue weighted by Crippen LogP contribution is -2.42. The van der Waals surface area contributed by atoms with E-state index in [0.717, 1.165) is 9.88 Å². The number of hydrogen-bond acceptors (Lipinski definition) is 7. The van der Waals surface area contributed by atoms with E-state index in [-0.39, 0.29) is 12.5 Å². The molecule has 1 fully saturated rings. The number of thiazole rings is 1. The number of aromatic nitrogens is 1. The molecule has 3 heterocycles. The van der Waals surface area contributed by atoms with Gasteiger partial charge in [-0.1, -0.05) is 0 Å².